The molecular formula is C17H30IN3OS. The molecule has 1 saturated carbocycles. The first kappa shape index (κ1) is 20.7. The Kier molecular flexibility index (Phi) is 8.85. The van der Waals surface area contributed by atoms with Crippen LogP contribution in [0.3, 0.4) is 0 Å². The van der Waals surface area contributed by atoms with Gasteiger partial charge in [-0.1, -0.05) is 19.9 Å². The third kappa shape index (κ3) is 6.58. The maximum atomic E-state index is 9.61. The second kappa shape index (κ2) is 9.84. The van der Waals surface area contributed by atoms with Crippen LogP contribution in [0.15, 0.2) is 22.5 Å². The summed E-state index contributed by atoms with van der Waals surface area (Å²) >= 11 is 1.79. The van der Waals surface area contributed by atoms with Gasteiger partial charge in [-0.2, -0.15) is 0 Å². The van der Waals surface area contributed by atoms with Gasteiger partial charge in [0, 0.05) is 22.9 Å². The van der Waals surface area contributed by atoms with Gasteiger partial charge >= 0.3 is 0 Å². The van der Waals surface area contributed by atoms with E-state index >= 15 is 0 Å². The van der Waals surface area contributed by atoms with Gasteiger partial charge in [0.15, 0.2) is 5.96 Å². The van der Waals surface area contributed by atoms with Gasteiger partial charge in [0.05, 0.1) is 12.6 Å². The van der Waals surface area contributed by atoms with Crippen LogP contribution in [0.1, 0.15) is 51.3 Å². The lowest BCUT2D eigenvalue weighted by atomic mass is 9.92. The van der Waals surface area contributed by atoms with Crippen LogP contribution in [0, 0.1) is 0 Å². The molecule has 1 aromatic heterocycles. The van der Waals surface area contributed by atoms with Crippen LogP contribution in [0.5, 0.6) is 0 Å². The molecule has 0 radical (unpaired) electrons. The second-order valence-corrected chi connectivity index (χ2v) is 7.65. The topological polar surface area (TPSA) is 56.7 Å². The number of hydrogen-bond acceptors (Lipinski definition) is 3. The van der Waals surface area contributed by atoms with E-state index in [2.05, 4.69) is 48.9 Å². The summed E-state index contributed by atoms with van der Waals surface area (Å²) in [5.41, 5.74) is 0.0548. The third-order valence-corrected chi connectivity index (χ3v) is 5.44. The summed E-state index contributed by atoms with van der Waals surface area (Å²) in [6.45, 7) is 8.19. The fourth-order valence-corrected chi connectivity index (χ4v) is 3.60. The minimum atomic E-state index is -0.115. The fraction of sp³-hybridized carbons (Fsp3) is 0.706. The Labute approximate surface area is 161 Å². The van der Waals surface area contributed by atoms with Gasteiger partial charge in [-0.05, 0) is 44.1 Å². The molecule has 6 heteroatoms. The molecule has 23 heavy (non-hydrogen) atoms. The number of rotatable bonds is 5. The highest BCUT2D eigenvalue weighted by molar-refractivity contribution is 14.0. The molecule has 2 rings (SSSR count). The predicted molar refractivity (Wildman–Crippen MR) is 110 cm³/mol. The first-order valence-corrected chi connectivity index (χ1v) is 9.16. The molecule has 0 spiro atoms. The summed E-state index contributed by atoms with van der Waals surface area (Å²) in [5, 5.41) is 18.6. The molecule has 0 aromatic carbocycles. The number of guanidine groups is 1. The zero-order chi connectivity index (χ0) is 16.0. The SMILES string of the molecule is CCNC(=NCC(C)(C)c1cccs1)NC1CCC(O)CC1.I. The van der Waals surface area contributed by atoms with Crippen molar-refractivity contribution in [2.45, 2.75) is 64.0 Å². The highest BCUT2D eigenvalue weighted by Gasteiger charge is 2.23. The molecule has 132 valence electrons. The number of aliphatic imine (C=N–C) groups is 1. The lowest BCUT2D eigenvalue weighted by Gasteiger charge is -2.28. The average molecular weight is 451 g/mol. The molecule has 0 atom stereocenters. The van der Waals surface area contributed by atoms with E-state index in [4.69, 9.17) is 4.99 Å². The smallest absolute Gasteiger partial charge is 0.191 e. The van der Waals surface area contributed by atoms with Crippen molar-refractivity contribution in [3.05, 3.63) is 22.4 Å². The van der Waals surface area contributed by atoms with E-state index in [1.807, 2.05) is 0 Å². The number of nitrogens with zero attached hydrogens (tertiary/aromatic N) is 1. The number of nitrogens with one attached hydrogen (secondary N) is 2. The first-order chi connectivity index (χ1) is 10.5. The van der Waals surface area contributed by atoms with Crippen LogP contribution >= 0.6 is 35.3 Å². The Bertz CT molecular complexity index is 468. The normalized spacial score (nSPS) is 22.3. The first-order valence-electron chi connectivity index (χ1n) is 8.28. The van der Waals surface area contributed by atoms with Crippen LogP contribution in [0.2, 0.25) is 0 Å². The molecule has 0 saturated heterocycles. The highest BCUT2D eigenvalue weighted by Crippen LogP contribution is 2.27. The summed E-state index contributed by atoms with van der Waals surface area (Å²) in [7, 11) is 0. The monoisotopic (exact) mass is 451 g/mol. The van der Waals surface area contributed by atoms with Crippen molar-refractivity contribution in [2.75, 3.05) is 13.1 Å². The number of halogens is 1. The molecule has 1 aromatic rings. The molecule has 4 nitrogen and oxygen atoms in total. The van der Waals surface area contributed by atoms with E-state index in [-0.39, 0.29) is 35.5 Å². The molecular weight excluding hydrogens is 421 g/mol. The molecule has 0 unspecified atom stereocenters. The standard InChI is InChI=1S/C17H29N3OS.HI/c1-4-18-16(20-13-7-9-14(21)10-8-13)19-12-17(2,3)15-6-5-11-22-15;/h5-6,11,13-14,21H,4,7-10,12H2,1-3H3,(H2,18,19,20);1H. The van der Waals surface area contributed by atoms with Crippen molar-refractivity contribution < 1.29 is 5.11 Å². The van der Waals surface area contributed by atoms with Gasteiger partial charge in [-0.3, -0.25) is 4.99 Å². The Morgan fingerprint density at radius 2 is 2.04 bits per heavy atom. The number of aliphatic hydroxyl groups excluding tert-OH is 1. The van der Waals surface area contributed by atoms with Crippen LogP contribution in [-0.2, 0) is 5.41 Å². The van der Waals surface area contributed by atoms with Gasteiger partial charge in [-0.15, -0.1) is 35.3 Å². The van der Waals surface area contributed by atoms with Gasteiger partial charge in [0.25, 0.3) is 0 Å². The summed E-state index contributed by atoms with van der Waals surface area (Å²) in [6.07, 6.45) is 3.69. The zero-order valence-corrected chi connectivity index (χ0v) is 17.5. The van der Waals surface area contributed by atoms with E-state index in [0.29, 0.717) is 6.04 Å². The number of hydrogen-bond donors (Lipinski definition) is 3. The molecule has 1 aliphatic rings. The van der Waals surface area contributed by atoms with E-state index in [1.165, 1.54) is 4.88 Å². The van der Waals surface area contributed by atoms with E-state index in [9.17, 15) is 5.11 Å². The summed E-state index contributed by atoms with van der Waals surface area (Å²) in [6, 6.07) is 4.71. The van der Waals surface area contributed by atoms with Crippen molar-refractivity contribution in [1.82, 2.24) is 10.6 Å². The maximum absolute atomic E-state index is 9.61. The Hall–Kier alpha value is -0.340. The molecule has 1 heterocycles. The number of thiophene rings is 1. The van der Waals surface area contributed by atoms with Gasteiger partial charge in [0.1, 0.15) is 0 Å². The summed E-state index contributed by atoms with van der Waals surface area (Å²) < 4.78 is 0. The third-order valence-electron chi connectivity index (χ3n) is 4.20. The lowest BCUT2D eigenvalue weighted by Crippen LogP contribution is -2.45. The Morgan fingerprint density at radius 1 is 1.35 bits per heavy atom. The average Bonchev–Trinajstić information content (AvgIpc) is 3.02. The van der Waals surface area contributed by atoms with E-state index in [1.54, 1.807) is 11.3 Å². The zero-order valence-electron chi connectivity index (χ0n) is 14.3. The van der Waals surface area contributed by atoms with Crippen molar-refractivity contribution in [1.29, 1.82) is 0 Å². The van der Waals surface area contributed by atoms with E-state index < -0.39 is 0 Å². The van der Waals surface area contributed by atoms with Crippen molar-refractivity contribution >= 4 is 41.3 Å². The molecule has 3 N–H and O–H groups in total. The van der Waals surface area contributed by atoms with Crippen LogP contribution in [0.4, 0.5) is 0 Å². The predicted octanol–water partition coefficient (Wildman–Crippen LogP) is 3.50. The minimum absolute atomic E-state index is 0. The second-order valence-electron chi connectivity index (χ2n) is 6.71. The molecule has 0 aliphatic heterocycles. The van der Waals surface area contributed by atoms with Gasteiger partial charge in [-0.25, -0.2) is 0 Å². The van der Waals surface area contributed by atoms with Gasteiger partial charge in [0.2, 0.25) is 0 Å². The maximum Gasteiger partial charge on any atom is 0.191 e. The van der Waals surface area contributed by atoms with Crippen LogP contribution < -0.4 is 10.6 Å². The number of aliphatic hydroxyl groups is 1. The van der Waals surface area contributed by atoms with Crippen LogP contribution in [0.25, 0.3) is 0 Å². The van der Waals surface area contributed by atoms with E-state index in [0.717, 1.165) is 44.7 Å². The van der Waals surface area contributed by atoms with Crippen molar-refractivity contribution in [2.24, 2.45) is 4.99 Å². The minimum Gasteiger partial charge on any atom is -0.393 e. The fourth-order valence-electron chi connectivity index (χ4n) is 2.75. The molecule has 1 aliphatic carbocycles. The highest BCUT2D eigenvalue weighted by atomic mass is 127. The molecule has 1 fully saturated rings. The largest absolute Gasteiger partial charge is 0.393 e. The lowest BCUT2D eigenvalue weighted by molar-refractivity contribution is 0.120. The van der Waals surface area contributed by atoms with Crippen molar-refractivity contribution in [3.8, 4) is 0 Å². The molecule has 0 amide bonds. The van der Waals surface area contributed by atoms with Crippen molar-refractivity contribution in [3.63, 3.8) is 0 Å². The Morgan fingerprint density at radius 3 is 2.61 bits per heavy atom. The van der Waals surface area contributed by atoms with Gasteiger partial charge < -0.3 is 15.7 Å². The quantitative estimate of drug-likeness (QED) is 0.365. The molecule has 0 bridgehead atoms. The summed E-state index contributed by atoms with van der Waals surface area (Å²) in [4.78, 5) is 6.16. The Balaban J connectivity index is 0.00000264. The summed E-state index contributed by atoms with van der Waals surface area (Å²) in [5.74, 6) is 0.897. The van der Waals surface area contributed by atoms with Crippen LogP contribution in [-0.4, -0.2) is 36.3 Å².